The van der Waals surface area contributed by atoms with E-state index in [1.807, 2.05) is 54.6 Å². The zero-order chi connectivity index (χ0) is 17.4. The highest BCUT2D eigenvalue weighted by atomic mass is 16.5. The summed E-state index contributed by atoms with van der Waals surface area (Å²) in [5, 5.41) is 10.6. The summed E-state index contributed by atoms with van der Waals surface area (Å²) in [5.41, 5.74) is 2.85. The molecule has 1 aliphatic heterocycles. The van der Waals surface area contributed by atoms with Crippen LogP contribution in [0, 0.1) is 0 Å². The maximum atomic E-state index is 11.7. The topological polar surface area (TPSA) is 55.8 Å². The molecule has 0 bridgehead atoms. The van der Waals surface area contributed by atoms with E-state index < -0.39 is 5.92 Å². The van der Waals surface area contributed by atoms with Crippen LogP contribution in [0.25, 0.3) is 11.1 Å². The number of ether oxygens (including phenoxy) is 2. The van der Waals surface area contributed by atoms with Crippen molar-refractivity contribution in [3.8, 4) is 34.1 Å². The number of methoxy groups -OCH3 is 1. The second-order valence-electron chi connectivity index (χ2n) is 5.86. The van der Waals surface area contributed by atoms with Crippen molar-refractivity contribution in [1.82, 2.24) is 0 Å². The third-order valence-corrected chi connectivity index (χ3v) is 4.46. The molecule has 3 aromatic carbocycles. The molecule has 0 aliphatic carbocycles. The van der Waals surface area contributed by atoms with Gasteiger partial charge in [0.15, 0.2) is 0 Å². The molecule has 25 heavy (non-hydrogen) atoms. The molecular weight excluding hydrogens is 316 g/mol. The maximum Gasteiger partial charge on any atom is 0.136 e. The van der Waals surface area contributed by atoms with Gasteiger partial charge in [0.25, 0.3) is 0 Å². The number of hydrogen-bond acceptors (Lipinski definition) is 4. The van der Waals surface area contributed by atoms with Crippen molar-refractivity contribution in [2.45, 2.75) is 5.92 Å². The average Bonchev–Trinajstić information content (AvgIpc) is 2.66. The first-order chi connectivity index (χ1) is 12.2. The van der Waals surface area contributed by atoms with Crippen molar-refractivity contribution < 1.29 is 19.4 Å². The Morgan fingerprint density at radius 2 is 1.80 bits per heavy atom. The van der Waals surface area contributed by atoms with Crippen molar-refractivity contribution in [2.75, 3.05) is 7.11 Å². The summed E-state index contributed by atoms with van der Waals surface area (Å²) in [4.78, 5) is 11.7. The van der Waals surface area contributed by atoms with Crippen LogP contribution in [0.4, 0.5) is 0 Å². The summed E-state index contributed by atoms with van der Waals surface area (Å²) in [6.07, 6.45) is 0.836. The standard InChI is InChI=1S/C21H16O4/c1-24-18-8-4-2-6-14(18)13-10-17(23)21-16(12-22)15-7-3-5-9-19(15)25-20(21)11-13/h2-12,16,23H,1H3. The molecule has 0 saturated carbocycles. The summed E-state index contributed by atoms with van der Waals surface area (Å²) in [6.45, 7) is 0. The molecule has 0 saturated heterocycles. The molecule has 4 nitrogen and oxygen atoms in total. The second kappa shape index (κ2) is 5.98. The van der Waals surface area contributed by atoms with Crippen LogP contribution in [-0.4, -0.2) is 18.5 Å². The number of hydrogen-bond donors (Lipinski definition) is 1. The van der Waals surface area contributed by atoms with Crippen molar-refractivity contribution in [3.05, 3.63) is 71.8 Å². The molecule has 1 unspecified atom stereocenters. The van der Waals surface area contributed by atoms with Crippen molar-refractivity contribution in [2.24, 2.45) is 0 Å². The molecule has 0 fully saturated rings. The molecule has 4 rings (SSSR count). The highest BCUT2D eigenvalue weighted by molar-refractivity contribution is 5.80. The third kappa shape index (κ3) is 2.43. The van der Waals surface area contributed by atoms with Gasteiger partial charge in [-0.3, -0.25) is 0 Å². The Labute approximate surface area is 145 Å². The highest BCUT2D eigenvalue weighted by Gasteiger charge is 2.30. The molecular formula is C21H16O4. The van der Waals surface area contributed by atoms with Crippen LogP contribution in [0.15, 0.2) is 60.7 Å². The van der Waals surface area contributed by atoms with E-state index in [0.29, 0.717) is 22.8 Å². The first-order valence-corrected chi connectivity index (χ1v) is 7.95. The number of aromatic hydroxyl groups is 1. The van der Waals surface area contributed by atoms with Gasteiger partial charge in [-0.25, -0.2) is 0 Å². The Bertz CT molecular complexity index is 962. The Kier molecular flexibility index (Phi) is 3.65. The Morgan fingerprint density at radius 3 is 2.60 bits per heavy atom. The first-order valence-electron chi connectivity index (χ1n) is 7.95. The van der Waals surface area contributed by atoms with Crippen molar-refractivity contribution >= 4 is 6.29 Å². The van der Waals surface area contributed by atoms with Crippen molar-refractivity contribution in [3.63, 3.8) is 0 Å². The van der Waals surface area contributed by atoms with Gasteiger partial charge >= 0.3 is 0 Å². The van der Waals surface area contributed by atoms with Gasteiger partial charge in [-0.2, -0.15) is 0 Å². The number of aldehydes is 1. The van der Waals surface area contributed by atoms with Crippen molar-refractivity contribution in [1.29, 1.82) is 0 Å². The lowest BCUT2D eigenvalue weighted by Crippen LogP contribution is -2.11. The van der Waals surface area contributed by atoms with Gasteiger partial charge in [0, 0.05) is 11.1 Å². The molecule has 0 radical (unpaired) electrons. The predicted octanol–water partition coefficient (Wildman–Crippen LogP) is 4.50. The van der Waals surface area contributed by atoms with Gasteiger partial charge < -0.3 is 19.4 Å². The summed E-state index contributed by atoms with van der Waals surface area (Å²) >= 11 is 0. The fraction of sp³-hybridized carbons (Fsp3) is 0.0952. The second-order valence-corrected chi connectivity index (χ2v) is 5.86. The lowest BCUT2D eigenvalue weighted by Gasteiger charge is -2.26. The number of carbonyl (C=O) groups excluding carboxylic acids is 1. The van der Waals surface area contributed by atoms with Crippen LogP contribution >= 0.6 is 0 Å². The summed E-state index contributed by atoms with van der Waals surface area (Å²) in [7, 11) is 1.60. The van der Waals surface area contributed by atoms with E-state index in [0.717, 1.165) is 23.0 Å². The molecule has 1 N–H and O–H groups in total. The van der Waals surface area contributed by atoms with E-state index in [-0.39, 0.29) is 5.75 Å². The highest BCUT2D eigenvalue weighted by Crippen LogP contribution is 2.49. The van der Waals surface area contributed by atoms with Gasteiger partial charge in [-0.05, 0) is 29.8 Å². The molecule has 4 heteroatoms. The molecule has 0 aromatic heterocycles. The smallest absolute Gasteiger partial charge is 0.136 e. The fourth-order valence-corrected chi connectivity index (χ4v) is 3.29. The van der Waals surface area contributed by atoms with E-state index >= 15 is 0 Å². The summed E-state index contributed by atoms with van der Waals surface area (Å²) in [6, 6.07) is 18.4. The van der Waals surface area contributed by atoms with E-state index in [9.17, 15) is 9.90 Å². The minimum atomic E-state index is -0.549. The SMILES string of the molecule is COc1ccccc1-c1cc(O)c2c(c1)Oc1ccccc1C2C=O. The van der Waals surface area contributed by atoms with Crippen LogP contribution in [0.3, 0.4) is 0 Å². The zero-order valence-electron chi connectivity index (χ0n) is 13.6. The lowest BCUT2D eigenvalue weighted by molar-refractivity contribution is -0.108. The molecule has 1 heterocycles. The first kappa shape index (κ1) is 15.3. The summed E-state index contributed by atoms with van der Waals surface area (Å²) in [5.74, 6) is 1.29. The largest absolute Gasteiger partial charge is 0.507 e. The van der Waals surface area contributed by atoms with Crippen LogP contribution in [0.2, 0.25) is 0 Å². The number of benzene rings is 3. The van der Waals surface area contributed by atoms with Gasteiger partial charge in [0.1, 0.15) is 29.3 Å². The van der Waals surface area contributed by atoms with Gasteiger partial charge in [0.05, 0.1) is 18.6 Å². The normalized spacial score (nSPS) is 14.8. The minimum Gasteiger partial charge on any atom is -0.507 e. The molecule has 1 atom stereocenters. The lowest BCUT2D eigenvalue weighted by atomic mass is 9.87. The van der Waals surface area contributed by atoms with Gasteiger partial charge in [-0.1, -0.05) is 36.4 Å². The molecule has 0 amide bonds. The van der Waals surface area contributed by atoms with Gasteiger partial charge in [0.2, 0.25) is 0 Å². The quantitative estimate of drug-likeness (QED) is 0.717. The predicted molar refractivity (Wildman–Crippen MR) is 94.5 cm³/mol. The minimum absolute atomic E-state index is 0.0324. The number of para-hydroxylation sites is 2. The molecule has 0 spiro atoms. The number of fused-ring (bicyclic) bond motifs is 2. The van der Waals surface area contributed by atoms with E-state index in [1.165, 1.54) is 0 Å². The van der Waals surface area contributed by atoms with Gasteiger partial charge in [-0.15, -0.1) is 0 Å². The van der Waals surface area contributed by atoms with Crippen LogP contribution in [0.1, 0.15) is 17.0 Å². The average molecular weight is 332 g/mol. The van der Waals surface area contributed by atoms with E-state index in [4.69, 9.17) is 9.47 Å². The third-order valence-electron chi connectivity index (χ3n) is 4.46. The number of carbonyl (C=O) groups is 1. The Morgan fingerprint density at radius 1 is 1.04 bits per heavy atom. The fourth-order valence-electron chi connectivity index (χ4n) is 3.29. The number of phenols is 1. The number of phenolic OH excluding ortho intramolecular Hbond substituents is 1. The monoisotopic (exact) mass is 332 g/mol. The van der Waals surface area contributed by atoms with E-state index in [1.54, 1.807) is 13.2 Å². The molecule has 3 aromatic rings. The summed E-state index contributed by atoms with van der Waals surface area (Å²) < 4.78 is 11.4. The number of rotatable bonds is 3. The Balaban J connectivity index is 1.90. The Hall–Kier alpha value is -3.27. The van der Waals surface area contributed by atoms with E-state index in [2.05, 4.69) is 0 Å². The zero-order valence-corrected chi connectivity index (χ0v) is 13.6. The molecule has 124 valence electrons. The maximum absolute atomic E-state index is 11.7. The van der Waals surface area contributed by atoms with Crippen LogP contribution in [-0.2, 0) is 4.79 Å². The van der Waals surface area contributed by atoms with Crippen LogP contribution in [0.5, 0.6) is 23.0 Å². The van der Waals surface area contributed by atoms with Crippen LogP contribution < -0.4 is 9.47 Å². The molecule has 1 aliphatic rings.